The summed E-state index contributed by atoms with van der Waals surface area (Å²) in [6.45, 7) is 3.99. The van der Waals surface area contributed by atoms with E-state index in [-0.39, 0.29) is 18.1 Å². The number of thioether (sulfide) groups is 1. The van der Waals surface area contributed by atoms with Gasteiger partial charge in [0, 0.05) is 11.8 Å². The minimum atomic E-state index is -0.0970. The van der Waals surface area contributed by atoms with E-state index >= 15 is 0 Å². The Hall–Kier alpha value is -0.680. The highest BCUT2D eigenvalue weighted by atomic mass is 32.2. The van der Waals surface area contributed by atoms with Gasteiger partial charge in [-0.1, -0.05) is 0 Å². The van der Waals surface area contributed by atoms with E-state index in [2.05, 4.69) is 16.0 Å². The minimum Gasteiger partial charge on any atom is -0.335 e. The van der Waals surface area contributed by atoms with Gasteiger partial charge in [-0.15, -0.1) is 0 Å². The number of rotatable bonds is 5. The molecule has 1 aromatic heterocycles. The quantitative estimate of drug-likeness (QED) is 0.852. The molecule has 1 rings (SSSR count). The van der Waals surface area contributed by atoms with Gasteiger partial charge < -0.3 is 10.6 Å². The lowest BCUT2D eigenvalue weighted by Gasteiger charge is -2.17. The van der Waals surface area contributed by atoms with Crippen LogP contribution in [0.15, 0.2) is 16.8 Å². The molecule has 0 aliphatic rings. The van der Waals surface area contributed by atoms with Gasteiger partial charge in [-0.2, -0.15) is 23.1 Å². The first-order valence-electron chi connectivity index (χ1n) is 5.21. The van der Waals surface area contributed by atoms with Gasteiger partial charge in [0.15, 0.2) is 0 Å². The largest absolute Gasteiger partial charge is 0.335 e. The summed E-state index contributed by atoms with van der Waals surface area (Å²) in [5.74, 6) is 0.931. The van der Waals surface area contributed by atoms with Crippen LogP contribution in [0.4, 0.5) is 4.79 Å². The molecule has 0 fully saturated rings. The smallest absolute Gasteiger partial charge is 0.315 e. The van der Waals surface area contributed by atoms with Crippen LogP contribution in [0.25, 0.3) is 0 Å². The van der Waals surface area contributed by atoms with Crippen LogP contribution in [0.5, 0.6) is 0 Å². The SMILES string of the molecule is CSCC(C)NC(=O)NC(C)c1ccsc1. The Morgan fingerprint density at radius 3 is 2.81 bits per heavy atom. The molecule has 1 aromatic rings. The van der Waals surface area contributed by atoms with Crippen LogP contribution in [0.3, 0.4) is 0 Å². The van der Waals surface area contributed by atoms with Crippen LogP contribution in [-0.4, -0.2) is 24.1 Å². The van der Waals surface area contributed by atoms with Crippen LogP contribution in [0.2, 0.25) is 0 Å². The lowest BCUT2D eigenvalue weighted by Crippen LogP contribution is -2.42. The molecule has 3 nitrogen and oxygen atoms in total. The topological polar surface area (TPSA) is 41.1 Å². The van der Waals surface area contributed by atoms with Gasteiger partial charge in [0.25, 0.3) is 0 Å². The molecular formula is C11H18N2OS2. The van der Waals surface area contributed by atoms with Crippen molar-refractivity contribution in [3.8, 4) is 0 Å². The maximum absolute atomic E-state index is 11.6. The molecule has 2 atom stereocenters. The zero-order chi connectivity index (χ0) is 12.0. The maximum atomic E-state index is 11.6. The number of carbonyl (C=O) groups excluding carboxylic acids is 1. The third-order valence-corrected chi connectivity index (χ3v) is 3.72. The van der Waals surface area contributed by atoms with Gasteiger partial charge in [0.05, 0.1) is 6.04 Å². The Morgan fingerprint density at radius 1 is 1.50 bits per heavy atom. The second kappa shape index (κ2) is 6.81. The van der Waals surface area contributed by atoms with Crippen LogP contribution < -0.4 is 10.6 Å². The van der Waals surface area contributed by atoms with E-state index in [0.717, 1.165) is 11.3 Å². The van der Waals surface area contributed by atoms with Gasteiger partial charge in [-0.05, 0) is 42.5 Å². The van der Waals surface area contributed by atoms with Crippen molar-refractivity contribution in [3.05, 3.63) is 22.4 Å². The molecule has 2 amide bonds. The molecule has 0 aliphatic heterocycles. The Labute approximate surface area is 105 Å². The van der Waals surface area contributed by atoms with Gasteiger partial charge >= 0.3 is 6.03 Å². The first kappa shape index (κ1) is 13.4. The molecule has 1 heterocycles. The number of hydrogen-bond acceptors (Lipinski definition) is 3. The van der Waals surface area contributed by atoms with Crippen LogP contribution >= 0.6 is 23.1 Å². The molecule has 0 radical (unpaired) electrons. The number of hydrogen-bond donors (Lipinski definition) is 2. The summed E-state index contributed by atoms with van der Waals surface area (Å²) in [5.41, 5.74) is 1.15. The number of urea groups is 1. The van der Waals surface area contributed by atoms with Gasteiger partial charge in [0.2, 0.25) is 0 Å². The first-order valence-corrected chi connectivity index (χ1v) is 7.55. The number of amides is 2. The van der Waals surface area contributed by atoms with Crippen LogP contribution in [0, 0.1) is 0 Å². The molecule has 0 aromatic carbocycles. The molecule has 16 heavy (non-hydrogen) atoms. The molecule has 0 saturated carbocycles. The monoisotopic (exact) mass is 258 g/mol. The second-order valence-corrected chi connectivity index (χ2v) is 5.44. The van der Waals surface area contributed by atoms with E-state index in [1.807, 2.05) is 31.5 Å². The van der Waals surface area contributed by atoms with Crippen molar-refractivity contribution in [2.24, 2.45) is 0 Å². The summed E-state index contributed by atoms with van der Waals surface area (Å²) < 4.78 is 0. The van der Waals surface area contributed by atoms with Crippen molar-refractivity contribution < 1.29 is 4.79 Å². The molecular weight excluding hydrogens is 240 g/mol. The molecule has 0 saturated heterocycles. The van der Waals surface area contributed by atoms with Crippen molar-refractivity contribution in [2.45, 2.75) is 25.9 Å². The Kier molecular flexibility index (Phi) is 5.69. The van der Waals surface area contributed by atoms with Crippen molar-refractivity contribution >= 4 is 29.1 Å². The number of nitrogens with one attached hydrogen (secondary N) is 2. The van der Waals surface area contributed by atoms with E-state index in [1.54, 1.807) is 23.1 Å². The van der Waals surface area contributed by atoms with E-state index in [1.165, 1.54) is 0 Å². The standard InChI is InChI=1S/C11H18N2OS2/c1-8(6-15-3)12-11(14)13-9(2)10-4-5-16-7-10/h4-5,7-9H,6H2,1-3H3,(H2,12,13,14). The highest BCUT2D eigenvalue weighted by Crippen LogP contribution is 2.15. The van der Waals surface area contributed by atoms with Gasteiger partial charge in [-0.25, -0.2) is 4.79 Å². The normalized spacial score (nSPS) is 14.2. The molecule has 0 aliphatic carbocycles. The summed E-state index contributed by atoms with van der Waals surface area (Å²) in [7, 11) is 0. The lowest BCUT2D eigenvalue weighted by atomic mass is 10.2. The lowest BCUT2D eigenvalue weighted by molar-refractivity contribution is 0.236. The van der Waals surface area contributed by atoms with Crippen molar-refractivity contribution in [1.29, 1.82) is 0 Å². The highest BCUT2D eigenvalue weighted by molar-refractivity contribution is 7.98. The van der Waals surface area contributed by atoms with Crippen molar-refractivity contribution in [1.82, 2.24) is 10.6 Å². The predicted octanol–water partition coefficient (Wildman–Crippen LogP) is 2.86. The average Bonchev–Trinajstić information content (AvgIpc) is 2.69. The van der Waals surface area contributed by atoms with Crippen LogP contribution in [0.1, 0.15) is 25.5 Å². The molecule has 5 heteroatoms. The molecule has 2 N–H and O–H groups in total. The third kappa shape index (κ3) is 4.45. The van der Waals surface area contributed by atoms with Gasteiger partial charge in [-0.3, -0.25) is 0 Å². The minimum absolute atomic E-state index is 0.0627. The summed E-state index contributed by atoms with van der Waals surface area (Å²) >= 11 is 3.37. The summed E-state index contributed by atoms with van der Waals surface area (Å²) in [5, 5.41) is 9.89. The predicted molar refractivity (Wildman–Crippen MR) is 72.2 cm³/mol. The summed E-state index contributed by atoms with van der Waals surface area (Å²) in [6, 6.07) is 2.19. The summed E-state index contributed by atoms with van der Waals surface area (Å²) in [4.78, 5) is 11.6. The zero-order valence-corrected chi connectivity index (χ0v) is 11.5. The fourth-order valence-electron chi connectivity index (χ4n) is 1.36. The Balaban J connectivity index is 2.34. The number of thiophene rings is 1. The van der Waals surface area contributed by atoms with Crippen molar-refractivity contribution in [2.75, 3.05) is 12.0 Å². The number of carbonyl (C=O) groups is 1. The van der Waals surface area contributed by atoms with Crippen molar-refractivity contribution in [3.63, 3.8) is 0 Å². The van der Waals surface area contributed by atoms with E-state index in [9.17, 15) is 4.79 Å². The van der Waals surface area contributed by atoms with Gasteiger partial charge in [0.1, 0.15) is 0 Å². The Morgan fingerprint density at radius 2 is 2.25 bits per heavy atom. The highest BCUT2D eigenvalue weighted by Gasteiger charge is 2.11. The molecule has 0 spiro atoms. The zero-order valence-electron chi connectivity index (χ0n) is 9.82. The van der Waals surface area contributed by atoms with Crippen LogP contribution in [-0.2, 0) is 0 Å². The average molecular weight is 258 g/mol. The first-order chi connectivity index (χ1) is 7.63. The maximum Gasteiger partial charge on any atom is 0.315 e. The summed E-state index contributed by atoms with van der Waals surface area (Å²) in [6.07, 6.45) is 2.03. The molecule has 2 unspecified atom stereocenters. The fraction of sp³-hybridized carbons (Fsp3) is 0.545. The molecule has 0 bridgehead atoms. The van der Waals surface area contributed by atoms with E-state index in [4.69, 9.17) is 0 Å². The Bertz CT molecular complexity index is 314. The molecule has 90 valence electrons. The fourth-order valence-corrected chi connectivity index (χ4v) is 2.70. The second-order valence-electron chi connectivity index (χ2n) is 3.75. The van der Waals surface area contributed by atoms with E-state index in [0.29, 0.717) is 0 Å². The van der Waals surface area contributed by atoms with E-state index < -0.39 is 0 Å². The third-order valence-electron chi connectivity index (χ3n) is 2.18.